The smallest absolute Gasteiger partial charge is 0.246 e. The Morgan fingerprint density at radius 3 is 2.84 bits per heavy atom. The third-order valence-corrected chi connectivity index (χ3v) is 5.30. The maximum absolute atomic E-state index is 11.3. The molecule has 138 valence electrons. The van der Waals surface area contributed by atoms with Crippen LogP contribution in [-0.2, 0) is 16.1 Å². The minimum Gasteiger partial charge on any atom is -0.494 e. The molecule has 0 saturated carbocycles. The van der Waals surface area contributed by atoms with E-state index >= 15 is 0 Å². The second kappa shape index (κ2) is 7.34. The van der Waals surface area contributed by atoms with Gasteiger partial charge >= 0.3 is 0 Å². The van der Waals surface area contributed by atoms with Gasteiger partial charge in [0.25, 0.3) is 0 Å². The quantitative estimate of drug-likeness (QED) is 0.890. The molecule has 1 aromatic rings. The second-order valence-electron chi connectivity index (χ2n) is 7.61. The summed E-state index contributed by atoms with van der Waals surface area (Å²) in [5.41, 5.74) is 3.70. The van der Waals surface area contributed by atoms with Crippen molar-refractivity contribution in [3.63, 3.8) is 0 Å². The van der Waals surface area contributed by atoms with E-state index in [2.05, 4.69) is 43.1 Å². The summed E-state index contributed by atoms with van der Waals surface area (Å²) in [6.45, 7) is 12.9. The summed E-state index contributed by atoms with van der Waals surface area (Å²) >= 11 is 0. The van der Waals surface area contributed by atoms with E-state index in [1.807, 2.05) is 6.92 Å². The molecule has 0 bridgehead atoms. The van der Waals surface area contributed by atoms with Crippen molar-refractivity contribution in [1.82, 2.24) is 10.2 Å². The fourth-order valence-electron chi connectivity index (χ4n) is 3.79. The molecule has 1 atom stereocenters. The number of hydrogen-bond acceptors (Lipinski definition) is 4. The van der Waals surface area contributed by atoms with Crippen LogP contribution in [0.4, 0.5) is 0 Å². The van der Waals surface area contributed by atoms with Gasteiger partial charge in [0.1, 0.15) is 12.4 Å². The van der Waals surface area contributed by atoms with Crippen molar-refractivity contribution >= 4 is 5.91 Å². The summed E-state index contributed by atoms with van der Waals surface area (Å²) in [7, 11) is 0. The molecule has 2 aliphatic heterocycles. The molecule has 1 unspecified atom stereocenters. The Labute approximate surface area is 150 Å². The van der Waals surface area contributed by atoms with Gasteiger partial charge in [-0.05, 0) is 48.9 Å². The van der Waals surface area contributed by atoms with Gasteiger partial charge in [-0.3, -0.25) is 9.69 Å². The fraction of sp³-hybridized carbons (Fsp3) is 0.650. The van der Waals surface area contributed by atoms with E-state index < -0.39 is 0 Å². The first-order valence-electron chi connectivity index (χ1n) is 9.31. The number of rotatable bonds is 5. The van der Waals surface area contributed by atoms with Crippen molar-refractivity contribution in [2.45, 2.75) is 52.2 Å². The molecule has 25 heavy (non-hydrogen) atoms. The lowest BCUT2D eigenvalue weighted by Gasteiger charge is -2.33. The van der Waals surface area contributed by atoms with Gasteiger partial charge in [-0.15, -0.1) is 0 Å². The Balaban J connectivity index is 1.73. The van der Waals surface area contributed by atoms with E-state index in [9.17, 15) is 4.79 Å². The Bertz CT molecular complexity index is 632. The molecule has 1 N–H and O–H groups in total. The van der Waals surface area contributed by atoms with Crippen LogP contribution in [0.1, 0.15) is 49.8 Å². The molecule has 5 heteroatoms. The summed E-state index contributed by atoms with van der Waals surface area (Å²) in [5, 5.41) is 2.95. The second-order valence-corrected chi connectivity index (χ2v) is 7.61. The van der Waals surface area contributed by atoms with E-state index in [0.717, 1.165) is 31.8 Å². The Kier molecular flexibility index (Phi) is 5.35. The first kappa shape index (κ1) is 18.2. The number of morpholine rings is 1. The first-order valence-corrected chi connectivity index (χ1v) is 9.31. The number of carbonyl (C=O) groups is 1. The zero-order valence-corrected chi connectivity index (χ0v) is 15.9. The minimum atomic E-state index is -0.200. The Morgan fingerprint density at radius 2 is 2.20 bits per heavy atom. The van der Waals surface area contributed by atoms with Crippen LogP contribution in [0.25, 0.3) is 0 Å². The molecule has 2 saturated heterocycles. The van der Waals surface area contributed by atoms with Crippen LogP contribution in [0, 0.1) is 6.92 Å². The zero-order valence-electron chi connectivity index (χ0n) is 15.9. The van der Waals surface area contributed by atoms with Crippen molar-refractivity contribution in [3.8, 4) is 5.75 Å². The molecule has 1 spiro atoms. The van der Waals surface area contributed by atoms with E-state index in [1.165, 1.54) is 16.7 Å². The molecule has 0 aliphatic carbocycles. The van der Waals surface area contributed by atoms with Crippen molar-refractivity contribution in [2.75, 3.05) is 32.8 Å². The largest absolute Gasteiger partial charge is 0.494 e. The van der Waals surface area contributed by atoms with Crippen LogP contribution < -0.4 is 10.1 Å². The van der Waals surface area contributed by atoms with Crippen LogP contribution in [0.5, 0.6) is 5.75 Å². The standard InChI is InChI=1S/C20H30N2O3/c1-5-24-18-8-15(4)16(9-17(18)14(2)3)10-22-7-6-20(13-22)12-21-19(23)11-25-20/h8-9,14H,5-7,10-13H2,1-4H3,(H,21,23). The van der Waals surface area contributed by atoms with Crippen LogP contribution in [0.2, 0.25) is 0 Å². The maximum atomic E-state index is 11.3. The number of nitrogens with one attached hydrogen (secondary N) is 1. The summed E-state index contributed by atoms with van der Waals surface area (Å²) in [6.07, 6.45) is 0.973. The summed E-state index contributed by atoms with van der Waals surface area (Å²) in [4.78, 5) is 13.8. The highest BCUT2D eigenvalue weighted by molar-refractivity contribution is 5.78. The van der Waals surface area contributed by atoms with Gasteiger partial charge in [-0.25, -0.2) is 0 Å². The van der Waals surface area contributed by atoms with Gasteiger partial charge in [0.05, 0.1) is 12.2 Å². The number of aryl methyl sites for hydroxylation is 1. The molecular formula is C20H30N2O3. The van der Waals surface area contributed by atoms with Gasteiger partial charge in [-0.2, -0.15) is 0 Å². The van der Waals surface area contributed by atoms with E-state index in [4.69, 9.17) is 9.47 Å². The lowest BCUT2D eigenvalue weighted by molar-refractivity contribution is -0.142. The molecule has 2 heterocycles. The van der Waals surface area contributed by atoms with Gasteiger partial charge in [-0.1, -0.05) is 19.9 Å². The number of likely N-dealkylation sites (tertiary alicyclic amines) is 1. The minimum absolute atomic E-state index is 0.00647. The summed E-state index contributed by atoms with van der Waals surface area (Å²) in [5.74, 6) is 1.44. The molecule has 5 nitrogen and oxygen atoms in total. The predicted molar refractivity (Wildman–Crippen MR) is 98.0 cm³/mol. The molecule has 1 aromatic carbocycles. The van der Waals surface area contributed by atoms with Gasteiger partial charge in [0, 0.05) is 26.2 Å². The lowest BCUT2D eigenvalue weighted by Crippen LogP contribution is -2.53. The highest BCUT2D eigenvalue weighted by atomic mass is 16.5. The molecule has 2 aliphatic rings. The SMILES string of the molecule is CCOc1cc(C)c(CN2CCC3(CNC(=O)CO3)C2)cc1C(C)C. The molecule has 1 amide bonds. The number of nitrogens with zero attached hydrogens (tertiary/aromatic N) is 1. The van der Waals surface area contributed by atoms with Gasteiger partial charge in [0.15, 0.2) is 0 Å². The monoisotopic (exact) mass is 346 g/mol. The molecule has 2 fully saturated rings. The molecule has 0 aromatic heterocycles. The molecular weight excluding hydrogens is 316 g/mol. The van der Waals surface area contributed by atoms with E-state index in [0.29, 0.717) is 19.1 Å². The van der Waals surface area contributed by atoms with Crippen molar-refractivity contribution in [2.24, 2.45) is 0 Å². The van der Waals surface area contributed by atoms with Gasteiger partial charge in [0.2, 0.25) is 5.91 Å². The highest BCUT2D eigenvalue weighted by Crippen LogP contribution is 2.32. The maximum Gasteiger partial charge on any atom is 0.246 e. The summed E-state index contributed by atoms with van der Waals surface area (Å²) < 4.78 is 11.7. The Hall–Kier alpha value is -1.59. The van der Waals surface area contributed by atoms with Crippen molar-refractivity contribution < 1.29 is 14.3 Å². The normalized spacial score (nSPS) is 24.1. The average molecular weight is 346 g/mol. The van der Waals surface area contributed by atoms with E-state index in [1.54, 1.807) is 0 Å². The Morgan fingerprint density at radius 1 is 1.40 bits per heavy atom. The number of carbonyl (C=O) groups excluding carboxylic acids is 1. The van der Waals surface area contributed by atoms with Crippen LogP contribution in [-0.4, -0.2) is 49.3 Å². The predicted octanol–water partition coefficient (Wildman–Crippen LogP) is 2.61. The van der Waals surface area contributed by atoms with Crippen LogP contribution >= 0.6 is 0 Å². The number of amides is 1. The summed E-state index contributed by atoms with van der Waals surface area (Å²) in [6, 6.07) is 4.48. The molecule has 3 rings (SSSR count). The van der Waals surface area contributed by atoms with Crippen molar-refractivity contribution in [3.05, 3.63) is 28.8 Å². The zero-order chi connectivity index (χ0) is 18.0. The van der Waals surface area contributed by atoms with Gasteiger partial charge < -0.3 is 14.8 Å². The van der Waals surface area contributed by atoms with Crippen LogP contribution in [0.15, 0.2) is 12.1 Å². The average Bonchev–Trinajstić information content (AvgIpc) is 2.96. The van der Waals surface area contributed by atoms with Crippen LogP contribution in [0.3, 0.4) is 0 Å². The third kappa shape index (κ3) is 3.98. The lowest BCUT2D eigenvalue weighted by atomic mass is 9.96. The highest BCUT2D eigenvalue weighted by Gasteiger charge is 2.42. The fourth-order valence-corrected chi connectivity index (χ4v) is 3.79. The molecule has 0 radical (unpaired) electrons. The number of benzene rings is 1. The number of ether oxygens (including phenoxy) is 2. The third-order valence-electron chi connectivity index (χ3n) is 5.30. The topological polar surface area (TPSA) is 50.8 Å². The first-order chi connectivity index (χ1) is 11.9. The van der Waals surface area contributed by atoms with Crippen molar-refractivity contribution in [1.29, 1.82) is 0 Å². The number of hydrogen-bond donors (Lipinski definition) is 1. The van der Waals surface area contributed by atoms with E-state index in [-0.39, 0.29) is 18.1 Å².